The zero-order valence-electron chi connectivity index (χ0n) is 10.1. The van der Waals surface area contributed by atoms with Crippen LogP contribution in [0.4, 0.5) is 0 Å². The molecule has 1 unspecified atom stereocenters. The van der Waals surface area contributed by atoms with Gasteiger partial charge in [-0.15, -0.1) is 22.7 Å². The van der Waals surface area contributed by atoms with Crippen molar-refractivity contribution in [3.8, 4) is 0 Å². The fourth-order valence-electron chi connectivity index (χ4n) is 1.97. The lowest BCUT2D eigenvalue weighted by Gasteiger charge is -2.11. The van der Waals surface area contributed by atoms with Crippen LogP contribution in [0.5, 0.6) is 0 Å². The molecule has 0 radical (unpaired) electrons. The van der Waals surface area contributed by atoms with Gasteiger partial charge in [-0.1, -0.05) is 6.92 Å². The molecule has 1 N–H and O–H groups in total. The maximum absolute atomic E-state index is 12.4. The summed E-state index contributed by atoms with van der Waals surface area (Å²) < 4.78 is 2.10. The van der Waals surface area contributed by atoms with Gasteiger partial charge in [-0.3, -0.25) is 9.36 Å². The molecule has 0 fully saturated rings. The number of H-pyrrole nitrogens is 1. The third kappa shape index (κ3) is 2.29. The van der Waals surface area contributed by atoms with E-state index in [-0.39, 0.29) is 11.5 Å². The minimum Gasteiger partial charge on any atom is -0.323 e. The number of hydrogen-bond donors (Lipinski definition) is 1. The highest BCUT2D eigenvalue weighted by molar-refractivity contribution is 7.71. The van der Waals surface area contributed by atoms with E-state index in [9.17, 15) is 4.79 Å². The highest BCUT2D eigenvalue weighted by Gasteiger charge is 2.13. The molecule has 3 aromatic heterocycles. The summed E-state index contributed by atoms with van der Waals surface area (Å²) in [5, 5.41) is 5.56. The second-order valence-corrected chi connectivity index (χ2v) is 6.51. The number of hydrogen-bond acceptors (Lipinski definition) is 5. The third-order valence-electron chi connectivity index (χ3n) is 2.94. The fraction of sp³-hybridized carbons (Fsp3) is 0.250. The van der Waals surface area contributed by atoms with E-state index in [4.69, 9.17) is 12.2 Å². The Labute approximate surface area is 122 Å². The Morgan fingerprint density at radius 2 is 2.32 bits per heavy atom. The van der Waals surface area contributed by atoms with Gasteiger partial charge in [0.2, 0.25) is 0 Å². The normalized spacial score (nSPS) is 12.9. The van der Waals surface area contributed by atoms with Crippen molar-refractivity contribution in [2.24, 2.45) is 0 Å². The zero-order chi connectivity index (χ0) is 13.4. The second kappa shape index (κ2) is 4.99. The second-order valence-electron chi connectivity index (χ2n) is 4.28. The minimum atomic E-state index is -0.0246. The quantitative estimate of drug-likeness (QED) is 0.755. The molecule has 0 aliphatic carbocycles. The van der Waals surface area contributed by atoms with Crippen LogP contribution in [-0.4, -0.2) is 14.5 Å². The van der Waals surface area contributed by atoms with E-state index in [1.807, 2.05) is 16.8 Å². The van der Waals surface area contributed by atoms with Gasteiger partial charge in [-0.05, 0) is 23.7 Å². The van der Waals surface area contributed by atoms with Gasteiger partial charge < -0.3 is 4.98 Å². The van der Waals surface area contributed by atoms with E-state index in [1.165, 1.54) is 11.3 Å². The summed E-state index contributed by atoms with van der Waals surface area (Å²) in [6.45, 7) is 2.60. The fourth-order valence-corrected chi connectivity index (χ4v) is 3.76. The lowest BCUT2D eigenvalue weighted by atomic mass is 10.2. The van der Waals surface area contributed by atoms with Crippen LogP contribution in [0, 0.1) is 4.77 Å². The van der Waals surface area contributed by atoms with Crippen LogP contribution < -0.4 is 5.56 Å². The van der Waals surface area contributed by atoms with E-state index in [2.05, 4.69) is 16.9 Å². The molecule has 98 valence electrons. The summed E-state index contributed by atoms with van der Waals surface area (Å²) in [6.07, 6.45) is 1.78. The molecule has 0 aliphatic rings. The zero-order valence-corrected chi connectivity index (χ0v) is 12.6. The summed E-state index contributed by atoms with van der Waals surface area (Å²) in [5.74, 6) is 0.170. The molecule has 3 heterocycles. The Kier molecular flexibility index (Phi) is 3.34. The first-order chi connectivity index (χ1) is 9.16. The lowest BCUT2D eigenvalue weighted by Crippen LogP contribution is -2.24. The van der Waals surface area contributed by atoms with Crippen LogP contribution >= 0.6 is 34.9 Å². The van der Waals surface area contributed by atoms with Crippen LogP contribution in [-0.2, 0) is 6.54 Å². The van der Waals surface area contributed by atoms with Gasteiger partial charge in [0.25, 0.3) is 5.56 Å². The Hall–Kier alpha value is -1.31. The first kappa shape index (κ1) is 12.7. The number of fused-ring (bicyclic) bond motifs is 1. The van der Waals surface area contributed by atoms with Crippen molar-refractivity contribution in [2.45, 2.75) is 19.4 Å². The molecule has 0 aromatic carbocycles. The van der Waals surface area contributed by atoms with E-state index in [1.54, 1.807) is 22.1 Å². The monoisotopic (exact) mass is 309 g/mol. The molecule has 0 amide bonds. The van der Waals surface area contributed by atoms with E-state index in [0.717, 1.165) is 9.84 Å². The molecule has 19 heavy (non-hydrogen) atoms. The highest BCUT2D eigenvalue weighted by atomic mass is 32.1. The number of nitrogens with zero attached hydrogens (tertiary/aromatic N) is 2. The summed E-state index contributed by atoms with van der Waals surface area (Å²) in [4.78, 5) is 20.6. The summed E-state index contributed by atoms with van der Waals surface area (Å²) in [6, 6.07) is 1.83. The number of thiophene rings is 1. The lowest BCUT2D eigenvalue weighted by molar-refractivity contribution is 0.568. The highest BCUT2D eigenvalue weighted by Crippen LogP contribution is 2.20. The number of thiazole rings is 1. The maximum atomic E-state index is 12.4. The van der Waals surface area contributed by atoms with Crippen LogP contribution in [0.3, 0.4) is 0 Å². The predicted octanol–water partition coefficient (Wildman–Crippen LogP) is 3.38. The first-order valence-corrected chi connectivity index (χ1v) is 7.93. The molecule has 1 atom stereocenters. The van der Waals surface area contributed by atoms with E-state index in [0.29, 0.717) is 16.7 Å². The smallest absolute Gasteiger partial charge is 0.263 e. The molecule has 0 spiro atoms. The Morgan fingerprint density at radius 3 is 3.05 bits per heavy atom. The Morgan fingerprint density at radius 1 is 1.47 bits per heavy atom. The number of nitrogens with one attached hydrogen (secondary N) is 1. The van der Waals surface area contributed by atoms with Crippen LogP contribution in [0.15, 0.2) is 27.8 Å². The van der Waals surface area contributed by atoms with Crippen LogP contribution in [0.1, 0.15) is 17.8 Å². The van der Waals surface area contributed by atoms with Gasteiger partial charge in [-0.25, -0.2) is 4.98 Å². The first-order valence-electron chi connectivity index (χ1n) is 5.76. The molecular weight excluding hydrogens is 298 g/mol. The van der Waals surface area contributed by atoms with Gasteiger partial charge in [0.15, 0.2) is 4.77 Å². The molecule has 0 bridgehead atoms. The van der Waals surface area contributed by atoms with Gasteiger partial charge >= 0.3 is 0 Å². The number of aromatic amines is 1. The van der Waals surface area contributed by atoms with Gasteiger partial charge in [0.05, 0.1) is 10.4 Å². The number of aromatic nitrogens is 3. The summed E-state index contributed by atoms with van der Waals surface area (Å²) in [5.41, 5.74) is -0.0246. The van der Waals surface area contributed by atoms with Crippen molar-refractivity contribution < 1.29 is 0 Å². The van der Waals surface area contributed by atoms with Crippen molar-refractivity contribution in [3.63, 3.8) is 0 Å². The Balaban J connectivity index is 2.06. The summed E-state index contributed by atoms with van der Waals surface area (Å²) >= 11 is 8.37. The van der Waals surface area contributed by atoms with Gasteiger partial charge in [0.1, 0.15) is 4.83 Å². The number of rotatable bonds is 3. The average molecular weight is 309 g/mol. The van der Waals surface area contributed by atoms with Crippen molar-refractivity contribution in [1.82, 2.24) is 14.5 Å². The Bertz CT molecular complexity index is 813. The molecule has 4 nitrogen and oxygen atoms in total. The maximum Gasteiger partial charge on any atom is 0.263 e. The minimum absolute atomic E-state index is 0.0246. The van der Waals surface area contributed by atoms with E-state index >= 15 is 0 Å². The van der Waals surface area contributed by atoms with E-state index < -0.39 is 0 Å². The molecule has 7 heteroatoms. The molecule has 0 saturated heterocycles. The third-order valence-corrected chi connectivity index (χ3v) is 5.10. The standard InChI is InChI=1S/C12H11N3OS3/c1-7(9-13-3-5-19-9)6-15-11(16)8-2-4-18-10(8)14-12(15)17/h2-5,7H,6H2,1H3,(H,14,17). The van der Waals surface area contributed by atoms with Crippen LogP contribution in [0.25, 0.3) is 10.2 Å². The molecular formula is C12H11N3OS3. The predicted molar refractivity (Wildman–Crippen MR) is 81.8 cm³/mol. The van der Waals surface area contributed by atoms with Crippen molar-refractivity contribution >= 4 is 45.1 Å². The average Bonchev–Trinajstić information content (AvgIpc) is 3.04. The van der Waals surface area contributed by atoms with Crippen molar-refractivity contribution in [1.29, 1.82) is 0 Å². The SMILES string of the molecule is CC(Cn1c(=S)[nH]c2sccc2c1=O)c1nccs1. The molecule has 3 aromatic rings. The van der Waals surface area contributed by atoms with Crippen molar-refractivity contribution in [3.05, 3.63) is 43.2 Å². The largest absolute Gasteiger partial charge is 0.323 e. The molecule has 0 aliphatic heterocycles. The molecule has 3 rings (SSSR count). The summed E-state index contributed by atoms with van der Waals surface area (Å²) in [7, 11) is 0. The van der Waals surface area contributed by atoms with Gasteiger partial charge in [0, 0.05) is 24.0 Å². The topological polar surface area (TPSA) is 50.7 Å². The molecule has 0 saturated carbocycles. The van der Waals surface area contributed by atoms with Gasteiger partial charge in [-0.2, -0.15) is 0 Å². The van der Waals surface area contributed by atoms with Crippen molar-refractivity contribution in [2.75, 3.05) is 0 Å². The van der Waals surface area contributed by atoms with Crippen LogP contribution in [0.2, 0.25) is 0 Å².